The van der Waals surface area contributed by atoms with Gasteiger partial charge in [-0.3, -0.25) is 0 Å². The Labute approximate surface area is 139 Å². The minimum atomic E-state index is -3.45. The summed E-state index contributed by atoms with van der Waals surface area (Å²) in [6, 6.07) is 9.21. The average Bonchev–Trinajstić information content (AvgIpc) is 2.92. The summed E-state index contributed by atoms with van der Waals surface area (Å²) in [6.07, 6.45) is 1.45. The Balaban J connectivity index is 1.81. The van der Waals surface area contributed by atoms with Gasteiger partial charge in [0.05, 0.1) is 16.8 Å². The minimum absolute atomic E-state index is 0.00825. The molecule has 24 heavy (non-hydrogen) atoms. The molecule has 0 saturated heterocycles. The smallest absolute Gasteiger partial charge is 0.178 e. The molecule has 0 aliphatic heterocycles. The van der Waals surface area contributed by atoms with Crippen molar-refractivity contribution in [2.75, 3.05) is 5.75 Å². The second-order valence-corrected chi connectivity index (χ2v) is 8.30. The molecule has 1 aliphatic rings. The highest BCUT2D eigenvalue weighted by Gasteiger charge is 2.28. The van der Waals surface area contributed by atoms with Crippen LogP contribution in [0.15, 0.2) is 47.4 Å². The van der Waals surface area contributed by atoms with Gasteiger partial charge in [-0.15, -0.1) is 0 Å². The van der Waals surface area contributed by atoms with Gasteiger partial charge < -0.3 is 5.11 Å². The predicted molar refractivity (Wildman–Crippen MR) is 87.2 cm³/mol. The molecule has 0 heterocycles. The van der Waals surface area contributed by atoms with E-state index >= 15 is 0 Å². The van der Waals surface area contributed by atoms with E-state index in [0.717, 1.165) is 12.1 Å². The van der Waals surface area contributed by atoms with Crippen molar-refractivity contribution in [1.29, 1.82) is 0 Å². The molecule has 3 nitrogen and oxygen atoms in total. The van der Waals surface area contributed by atoms with Crippen molar-refractivity contribution in [2.45, 2.75) is 30.3 Å². The zero-order valence-electron chi connectivity index (χ0n) is 13.0. The van der Waals surface area contributed by atoms with E-state index in [0.29, 0.717) is 24.8 Å². The van der Waals surface area contributed by atoms with Crippen LogP contribution in [0.4, 0.5) is 8.78 Å². The van der Waals surface area contributed by atoms with Crippen LogP contribution in [0.25, 0.3) is 11.1 Å². The molecule has 1 aliphatic carbocycles. The Morgan fingerprint density at radius 2 is 1.75 bits per heavy atom. The number of benzene rings is 2. The summed E-state index contributed by atoms with van der Waals surface area (Å²) in [6.45, 7) is 0. The molecular formula is C18H18F2O3S. The van der Waals surface area contributed by atoms with E-state index < -0.39 is 27.6 Å². The van der Waals surface area contributed by atoms with Gasteiger partial charge >= 0.3 is 0 Å². The molecule has 0 amide bonds. The third-order valence-corrected chi connectivity index (χ3v) is 6.32. The second kappa shape index (κ2) is 6.61. The summed E-state index contributed by atoms with van der Waals surface area (Å²) in [5.74, 6) is -1.37. The van der Waals surface area contributed by atoms with Crippen LogP contribution in [0.1, 0.15) is 19.3 Å². The van der Waals surface area contributed by atoms with Crippen molar-refractivity contribution < 1.29 is 22.3 Å². The third kappa shape index (κ3) is 3.65. The lowest BCUT2D eigenvalue weighted by molar-refractivity contribution is 0.179. The minimum Gasteiger partial charge on any atom is -0.393 e. The monoisotopic (exact) mass is 352 g/mol. The molecule has 0 unspecified atom stereocenters. The van der Waals surface area contributed by atoms with E-state index in [1.54, 1.807) is 0 Å². The predicted octanol–water partition coefficient (Wildman–Crippen LogP) is 3.57. The van der Waals surface area contributed by atoms with Crippen LogP contribution in [-0.2, 0) is 9.84 Å². The van der Waals surface area contributed by atoms with Crippen LogP contribution >= 0.6 is 0 Å². The Kier molecular flexibility index (Phi) is 4.69. The first-order valence-electron chi connectivity index (χ1n) is 7.81. The lowest BCUT2D eigenvalue weighted by atomic mass is 10.1. The zero-order valence-corrected chi connectivity index (χ0v) is 13.8. The maximum atomic E-state index is 13.8. The molecule has 0 aromatic heterocycles. The maximum Gasteiger partial charge on any atom is 0.178 e. The number of hydrogen-bond acceptors (Lipinski definition) is 3. The van der Waals surface area contributed by atoms with Crippen molar-refractivity contribution in [1.82, 2.24) is 0 Å². The van der Waals surface area contributed by atoms with E-state index in [1.807, 2.05) is 0 Å². The summed E-state index contributed by atoms with van der Waals surface area (Å²) in [4.78, 5) is 0.176. The molecule has 128 valence electrons. The van der Waals surface area contributed by atoms with Gasteiger partial charge in [0, 0.05) is 11.6 Å². The third-order valence-electron chi connectivity index (χ3n) is 4.42. The van der Waals surface area contributed by atoms with Crippen molar-refractivity contribution in [3.63, 3.8) is 0 Å². The number of sulfone groups is 1. The van der Waals surface area contributed by atoms with Crippen molar-refractivity contribution in [3.8, 4) is 11.1 Å². The van der Waals surface area contributed by atoms with Gasteiger partial charge in [0.25, 0.3) is 0 Å². The highest BCUT2D eigenvalue weighted by Crippen LogP contribution is 2.30. The van der Waals surface area contributed by atoms with Crippen LogP contribution in [-0.4, -0.2) is 25.4 Å². The van der Waals surface area contributed by atoms with E-state index in [4.69, 9.17) is 0 Å². The Morgan fingerprint density at radius 1 is 1.04 bits per heavy atom. The molecule has 2 aromatic carbocycles. The maximum absolute atomic E-state index is 13.8. The quantitative estimate of drug-likeness (QED) is 0.915. The van der Waals surface area contributed by atoms with Gasteiger partial charge in [-0.05, 0) is 55.0 Å². The fourth-order valence-electron chi connectivity index (χ4n) is 3.17. The molecule has 2 aromatic rings. The summed E-state index contributed by atoms with van der Waals surface area (Å²) in [5, 5.41) is 9.52. The molecule has 1 fully saturated rings. The number of rotatable bonds is 4. The first-order valence-corrected chi connectivity index (χ1v) is 9.47. The van der Waals surface area contributed by atoms with Crippen molar-refractivity contribution in [3.05, 3.63) is 54.1 Å². The normalized spacial score (nSPS) is 21.1. The van der Waals surface area contributed by atoms with Gasteiger partial charge in [0.2, 0.25) is 0 Å². The Morgan fingerprint density at radius 3 is 2.33 bits per heavy atom. The SMILES string of the molecule is O=S(=O)(C[C@H]1CC[C@@H](O)C1)c1ccc(-c2ccc(F)cc2F)cc1. The summed E-state index contributed by atoms with van der Waals surface area (Å²) in [5.41, 5.74) is 0.710. The molecule has 3 rings (SSSR count). The van der Waals surface area contributed by atoms with Gasteiger partial charge in [0.1, 0.15) is 11.6 Å². The van der Waals surface area contributed by atoms with Crippen molar-refractivity contribution >= 4 is 9.84 Å². The lowest BCUT2D eigenvalue weighted by Gasteiger charge is -2.11. The molecule has 0 spiro atoms. The van der Waals surface area contributed by atoms with Crippen LogP contribution in [0, 0.1) is 17.6 Å². The highest BCUT2D eigenvalue weighted by molar-refractivity contribution is 7.91. The van der Waals surface area contributed by atoms with Crippen molar-refractivity contribution in [2.24, 2.45) is 5.92 Å². The van der Waals surface area contributed by atoms with E-state index in [2.05, 4.69) is 0 Å². The molecule has 0 radical (unpaired) electrons. The zero-order chi connectivity index (χ0) is 17.3. The number of halogens is 2. The topological polar surface area (TPSA) is 54.4 Å². The second-order valence-electron chi connectivity index (χ2n) is 6.26. The molecule has 0 bridgehead atoms. The fraction of sp³-hybridized carbons (Fsp3) is 0.333. The van der Waals surface area contributed by atoms with Crippen LogP contribution < -0.4 is 0 Å². The van der Waals surface area contributed by atoms with Crippen LogP contribution in [0.2, 0.25) is 0 Å². The van der Waals surface area contributed by atoms with E-state index in [-0.39, 0.29) is 22.1 Å². The van der Waals surface area contributed by atoms with E-state index in [1.165, 1.54) is 30.3 Å². The first kappa shape index (κ1) is 17.0. The Hall–Kier alpha value is -1.79. The highest BCUT2D eigenvalue weighted by atomic mass is 32.2. The summed E-state index contributed by atoms with van der Waals surface area (Å²) >= 11 is 0. The van der Waals surface area contributed by atoms with Gasteiger partial charge in [-0.2, -0.15) is 0 Å². The van der Waals surface area contributed by atoms with Gasteiger partial charge in [-0.1, -0.05) is 12.1 Å². The number of aliphatic hydroxyl groups is 1. The first-order chi connectivity index (χ1) is 11.3. The van der Waals surface area contributed by atoms with Gasteiger partial charge in [-0.25, -0.2) is 17.2 Å². The molecule has 1 N–H and O–H groups in total. The summed E-state index contributed by atoms with van der Waals surface area (Å²) < 4.78 is 51.7. The fourth-order valence-corrected chi connectivity index (χ4v) is 4.84. The van der Waals surface area contributed by atoms with Crippen LogP contribution in [0.5, 0.6) is 0 Å². The molecular weight excluding hydrogens is 334 g/mol. The largest absolute Gasteiger partial charge is 0.393 e. The molecule has 6 heteroatoms. The molecule has 1 saturated carbocycles. The number of aliphatic hydroxyl groups excluding tert-OH is 1. The van der Waals surface area contributed by atoms with Crippen LogP contribution in [0.3, 0.4) is 0 Å². The van der Waals surface area contributed by atoms with E-state index in [9.17, 15) is 22.3 Å². The summed E-state index contributed by atoms with van der Waals surface area (Å²) in [7, 11) is -3.45. The Bertz CT molecular complexity index is 832. The van der Waals surface area contributed by atoms with Gasteiger partial charge in [0.15, 0.2) is 9.84 Å². The average molecular weight is 352 g/mol. The lowest BCUT2D eigenvalue weighted by Crippen LogP contribution is -2.15. The standard InChI is InChI=1S/C18H18F2O3S/c19-14-4-8-17(18(20)10-14)13-2-6-16(7-3-13)24(22,23)11-12-1-5-15(21)9-12/h2-4,6-8,10,12,15,21H,1,5,9,11H2/t12-,15+/m0/s1. The molecule has 2 atom stereocenters. The number of hydrogen-bond donors (Lipinski definition) is 1.